The van der Waals surface area contributed by atoms with Crippen LogP contribution in [0.5, 0.6) is 5.75 Å². The van der Waals surface area contributed by atoms with Gasteiger partial charge in [-0.3, -0.25) is 0 Å². The summed E-state index contributed by atoms with van der Waals surface area (Å²) in [6.45, 7) is 0. The van der Waals surface area contributed by atoms with E-state index in [1.807, 2.05) is 24.3 Å². The number of fused-ring (bicyclic) bond motifs is 1. The van der Waals surface area contributed by atoms with Gasteiger partial charge in [-0.25, -0.2) is 5.17 Å². The van der Waals surface area contributed by atoms with Gasteiger partial charge in [0.05, 0.1) is 0 Å². The molecule has 0 amide bonds. The van der Waals surface area contributed by atoms with Crippen LogP contribution in [-0.2, 0) is 0 Å². The molecule has 0 N–H and O–H groups in total. The first-order valence-electron chi connectivity index (χ1n) is 3.08. The van der Waals surface area contributed by atoms with Gasteiger partial charge in [0.25, 0.3) is 0 Å². The van der Waals surface area contributed by atoms with Crippen LogP contribution in [0.1, 0.15) is 0 Å². The molecule has 3 nitrogen and oxygen atoms in total. The molecule has 1 aromatic carbocycles. The third kappa shape index (κ3) is 0.717. The van der Waals surface area contributed by atoms with Crippen LogP contribution in [0, 0.1) is 0 Å². The average molecular weight is 135 g/mol. The summed E-state index contributed by atoms with van der Waals surface area (Å²) in [5.74, 6) is 0.824. The van der Waals surface area contributed by atoms with E-state index in [9.17, 15) is 0 Å². The maximum atomic E-state index is 5.17. The van der Waals surface area contributed by atoms with Crippen molar-refractivity contribution < 1.29 is 4.84 Å². The van der Waals surface area contributed by atoms with Crippen molar-refractivity contribution in [3.8, 4) is 5.75 Å². The fourth-order valence-corrected chi connectivity index (χ4v) is 0.931. The lowest BCUT2D eigenvalue weighted by molar-refractivity contribution is 0.0300. The van der Waals surface area contributed by atoms with Gasteiger partial charge in [0.15, 0.2) is 0 Å². The van der Waals surface area contributed by atoms with Gasteiger partial charge in [0.2, 0.25) is 0 Å². The Morgan fingerprint density at radius 2 is 2.20 bits per heavy atom. The number of rotatable bonds is 0. The standard InChI is InChI=1S/C7H7N2O/c1-9-8-6-4-2-3-5-7(6)10-9/h2-5H,1H3/q-1. The topological polar surface area (TPSA) is 26.6 Å². The molecule has 10 heavy (non-hydrogen) atoms. The lowest BCUT2D eigenvalue weighted by Gasteiger charge is -2.20. The summed E-state index contributed by atoms with van der Waals surface area (Å²) in [6, 6.07) is 7.67. The third-order valence-corrected chi connectivity index (χ3v) is 1.34. The van der Waals surface area contributed by atoms with Crippen molar-refractivity contribution in [3.05, 3.63) is 29.7 Å². The number of nitrogens with zero attached hydrogens (tertiary/aromatic N) is 2. The Morgan fingerprint density at radius 3 is 3.00 bits per heavy atom. The molecule has 0 unspecified atom stereocenters. The summed E-state index contributed by atoms with van der Waals surface area (Å²) >= 11 is 0. The Morgan fingerprint density at radius 1 is 1.40 bits per heavy atom. The van der Waals surface area contributed by atoms with Crippen LogP contribution in [0.25, 0.3) is 5.43 Å². The summed E-state index contributed by atoms with van der Waals surface area (Å²) < 4.78 is 0. The molecule has 3 heteroatoms. The van der Waals surface area contributed by atoms with Gasteiger partial charge in [-0.05, 0) is 6.07 Å². The van der Waals surface area contributed by atoms with Gasteiger partial charge in [-0.15, -0.1) is 0 Å². The van der Waals surface area contributed by atoms with Gasteiger partial charge in [0, 0.05) is 7.05 Å². The van der Waals surface area contributed by atoms with Crippen LogP contribution in [0.4, 0.5) is 5.69 Å². The van der Waals surface area contributed by atoms with E-state index in [2.05, 4.69) is 5.43 Å². The quantitative estimate of drug-likeness (QED) is 0.542. The highest BCUT2D eigenvalue weighted by Gasteiger charge is 2.02. The van der Waals surface area contributed by atoms with Crippen LogP contribution in [0.3, 0.4) is 0 Å². The number of hydrogen-bond donors (Lipinski definition) is 0. The van der Waals surface area contributed by atoms with E-state index in [4.69, 9.17) is 4.84 Å². The van der Waals surface area contributed by atoms with Crippen LogP contribution >= 0.6 is 0 Å². The number of benzene rings is 1. The fraction of sp³-hybridized carbons (Fsp3) is 0.143. The number of hydrogen-bond acceptors (Lipinski definition) is 2. The first-order valence-corrected chi connectivity index (χ1v) is 3.08. The lowest BCUT2D eigenvalue weighted by Crippen LogP contribution is -2.09. The van der Waals surface area contributed by atoms with Gasteiger partial charge >= 0.3 is 0 Å². The van der Waals surface area contributed by atoms with E-state index < -0.39 is 0 Å². The zero-order chi connectivity index (χ0) is 6.97. The summed E-state index contributed by atoms with van der Waals surface area (Å²) in [6.07, 6.45) is 0. The molecule has 0 bridgehead atoms. The Kier molecular flexibility index (Phi) is 1.05. The van der Waals surface area contributed by atoms with Crippen LogP contribution in [0.2, 0.25) is 0 Å². The van der Waals surface area contributed by atoms with Crippen LogP contribution in [-0.4, -0.2) is 12.2 Å². The Hall–Kier alpha value is -1.22. The Balaban J connectivity index is 2.42. The summed E-state index contributed by atoms with van der Waals surface area (Å²) in [7, 11) is 1.76. The van der Waals surface area contributed by atoms with Crippen LogP contribution < -0.4 is 4.84 Å². The van der Waals surface area contributed by atoms with Crippen molar-refractivity contribution in [2.45, 2.75) is 0 Å². The molecule has 0 saturated carbocycles. The van der Waals surface area contributed by atoms with Crippen molar-refractivity contribution in [1.29, 1.82) is 0 Å². The highest BCUT2D eigenvalue weighted by molar-refractivity contribution is 5.61. The zero-order valence-electron chi connectivity index (χ0n) is 5.61. The van der Waals surface area contributed by atoms with Crippen molar-refractivity contribution in [2.75, 3.05) is 7.05 Å². The molecule has 1 aliphatic heterocycles. The maximum Gasteiger partial charge on any atom is 0.131 e. The molecule has 0 aromatic heterocycles. The molecule has 2 rings (SSSR count). The molecule has 0 spiro atoms. The predicted molar refractivity (Wildman–Crippen MR) is 37.9 cm³/mol. The summed E-state index contributed by atoms with van der Waals surface area (Å²) in [4.78, 5) is 5.17. The van der Waals surface area contributed by atoms with Crippen molar-refractivity contribution in [2.24, 2.45) is 0 Å². The van der Waals surface area contributed by atoms with Crippen molar-refractivity contribution >= 4 is 5.69 Å². The van der Waals surface area contributed by atoms with E-state index in [0.29, 0.717) is 0 Å². The average Bonchev–Trinajstić information content (AvgIpc) is 2.27. The molecule has 1 aromatic rings. The molecule has 0 fully saturated rings. The second-order valence-electron chi connectivity index (χ2n) is 2.12. The molecule has 0 atom stereocenters. The van der Waals surface area contributed by atoms with Gasteiger partial charge in [-0.2, -0.15) is 0 Å². The second-order valence-corrected chi connectivity index (χ2v) is 2.12. The fourth-order valence-electron chi connectivity index (χ4n) is 0.931. The minimum absolute atomic E-state index is 0.824. The smallest absolute Gasteiger partial charge is 0.131 e. The zero-order valence-corrected chi connectivity index (χ0v) is 5.61. The molecular weight excluding hydrogens is 128 g/mol. The summed E-state index contributed by atoms with van der Waals surface area (Å²) in [5.41, 5.74) is 4.96. The van der Waals surface area contributed by atoms with Crippen LogP contribution in [0.15, 0.2) is 24.3 Å². The monoisotopic (exact) mass is 135 g/mol. The van der Waals surface area contributed by atoms with Crippen molar-refractivity contribution in [1.82, 2.24) is 5.17 Å². The molecule has 1 heterocycles. The molecule has 0 aliphatic carbocycles. The second kappa shape index (κ2) is 1.88. The molecular formula is C7H7N2O-. The molecule has 0 radical (unpaired) electrons. The molecule has 52 valence electrons. The first-order chi connectivity index (χ1) is 4.86. The molecule has 0 saturated heterocycles. The first kappa shape index (κ1) is 5.56. The van der Waals surface area contributed by atoms with Crippen molar-refractivity contribution in [3.63, 3.8) is 0 Å². The highest BCUT2D eigenvalue weighted by Crippen LogP contribution is 2.37. The van der Waals surface area contributed by atoms with E-state index in [1.165, 1.54) is 5.17 Å². The van der Waals surface area contributed by atoms with E-state index >= 15 is 0 Å². The largest absolute Gasteiger partial charge is 0.583 e. The Bertz CT molecular complexity index is 224. The molecule has 1 aliphatic rings. The van der Waals surface area contributed by atoms with Gasteiger partial charge < -0.3 is 10.3 Å². The van der Waals surface area contributed by atoms with E-state index in [-0.39, 0.29) is 0 Å². The van der Waals surface area contributed by atoms with E-state index in [1.54, 1.807) is 7.05 Å². The van der Waals surface area contributed by atoms with Gasteiger partial charge in [0.1, 0.15) is 5.75 Å². The maximum absolute atomic E-state index is 5.17. The predicted octanol–water partition coefficient (Wildman–Crippen LogP) is 1.85. The highest BCUT2D eigenvalue weighted by atomic mass is 16.7. The summed E-state index contributed by atoms with van der Waals surface area (Å²) in [5, 5.41) is 1.45. The van der Waals surface area contributed by atoms with E-state index in [0.717, 1.165) is 11.4 Å². The SMILES string of the molecule is CN1[N-]c2ccccc2O1. The number of hydroxylamine groups is 1. The number of para-hydroxylation sites is 1. The normalized spacial score (nSPS) is 15.7. The lowest BCUT2D eigenvalue weighted by atomic mass is 10.3. The minimum atomic E-state index is 0.824. The third-order valence-electron chi connectivity index (χ3n) is 1.34. The Labute approximate surface area is 59.1 Å². The minimum Gasteiger partial charge on any atom is -0.583 e. The van der Waals surface area contributed by atoms with Gasteiger partial charge in [-0.1, -0.05) is 23.9 Å².